The van der Waals surface area contributed by atoms with Gasteiger partial charge in [-0.05, 0) is 43.6 Å². The van der Waals surface area contributed by atoms with Crippen molar-refractivity contribution in [3.8, 4) is 11.5 Å². The van der Waals surface area contributed by atoms with Gasteiger partial charge < -0.3 is 20.1 Å². The molecule has 1 aromatic carbocycles. The molecule has 1 aliphatic rings. The van der Waals surface area contributed by atoms with E-state index in [1.165, 1.54) is 18.4 Å². The maximum absolute atomic E-state index is 5.99. The number of hydrogen-bond donors (Lipinski definition) is 1. The summed E-state index contributed by atoms with van der Waals surface area (Å²) in [4.78, 5) is 2.50. The maximum Gasteiger partial charge on any atom is 0.231 e. The number of hydrogen-bond acceptors (Lipinski definition) is 4. The standard InChI is InChI=1S/C16H26N2O2/c1-3-7-18(8-4-2)11-14(10-17)13-5-6-15-16(9-13)20-12-19-15/h5-6,9,14H,3-4,7-8,10-12,17H2,1-2H3. The third kappa shape index (κ3) is 3.64. The van der Waals surface area contributed by atoms with Crippen LogP contribution in [0.4, 0.5) is 0 Å². The van der Waals surface area contributed by atoms with E-state index >= 15 is 0 Å². The van der Waals surface area contributed by atoms with Gasteiger partial charge in [-0.2, -0.15) is 0 Å². The zero-order valence-electron chi connectivity index (χ0n) is 12.6. The second kappa shape index (κ2) is 7.50. The van der Waals surface area contributed by atoms with Crippen molar-refractivity contribution >= 4 is 0 Å². The maximum atomic E-state index is 5.99. The van der Waals surface area contributed by atoms with E-state index < -0.39 is 0 Å². The lowest BCUT2D eigenvalue weighted by Gasteiger charge is -2.26. The fourth-order valence-corrected chi connectivity index (χ4v) is 2.72. The van der Waals surface area contributed by atoms with Crippen LogP contribution in [0.25, 0.3) is 0 Å². The van der Waals surface area contributed by atoms with Gasteiger partial charge in [-0.15, -0.1) is 0 Å². The van der Waals surface area contributed by atoms with Crippen molar-refractivity contribution < 1.29 is 9.47 Å². The van der Waals surface area contributed by atoms with Crippen LogP contribution >= 0.6 is 0 Å². The Morgan fingerprint density at radius 1 is 1.15 bits per heavy atom. The molecular formula is C16H26N2O2. The Hall–Kier alpha value is -1.26. The Balaban J connectivity index is 2.06. The molecule has 20 heavy (non-hydrogen) atoms. The third-order valence-electron chi connectivity index (χ3n) is 3.71. The molecule has 4 heteroatoms. The third-order valence-corrected chi connectivity index (χ3v) is 3.71. The Kier molecular flexibility index (Phi) is 5.68. The predicted octanol–water partition coefficient (Wildman–Crippen LogP) is 2.58. The molecular weight excluding hydrogens is 252 g/mol. The molecule has 1 atom stereocenters. The Labute approximate surface area is 121 Å². The van der Waals surface area contributed by atoms with E-state index in [-0.39, 0.29) is 0 Å². The summed E-state index contributed by atoms with van der Waals surface area (Å²) in [6, 6.07) is 6.18. The van der Waals surface area contributed by atoms with Gasteiger partial charge in [0.25, 0.3) is 0 Å². The molecule has 0 amide bonds. The normalized spacial score (nSPS) is 14.8. The van der Waals surface area contributed by atoms with Crippen molar-refractivity contribution in [2.24, 2.45) is 5.73 Å². The highest BCUT2D eigenvalue weighted by atomic mass is 16.7. The smallest absolute Gasteiger partial charge is 0.231 e. The predicted molar refractivity (Wildman–Crippen MR) is 81.4 cm³/mol. The van der Waals surface area contributed by atoms with Gasteiger partial charge in [0.2, 0.25) is 6.79 Å². The summed E-state index contributed by atoms with van der Waals surface area (Å²) in [5.41, 5.74) is 7.24. The highest BCUT2D eigenvalue weighted by molar-refractivity contribution is 5.45. The van der Waals surface area contributed by atoms with Crippen molar-refractivity contribution in [3.63, 3.8) is 0 Å². The van der Waals surface area contributed by atoms with E-state index in [4.69, 9.17) is 15.2 Å². The zero-order valence-corrected chi connectivity index (χ0v) is 12.6. The Morgan fingerprint density at radius 2 is 1.85 bits per heavy atom. The van der Waals surface area contributed by atoms with E-state index in [1.54, 1.807) is 0 Å². The highest BCUT2D eigenvalue weighted by Crippen LogP contribution is 2.34. The van der Waals surface area contributed by atoms with Crippen molar-refractivity contribution in [2.75, 3.05) is 33.0 Å². The van der Waals surface area contributed by atoms with Crippen LogP contribution in [-0.2, 0) is 0 Å². The molecule has 1 unspecified atom stereocenters. The molecule has 112 valence electrons. The molecule has 1 aliphatic heterocycles. The average Bonchev–Trinajstić information content (AvgIpc) is 2.92. The minimum absolute atomic E-state index is 0.323. The highest BCUT2D eigenvalue weighted by Gasteiger charge is 2.19. The first kappa shape index (κ1) is 15.1. The second-order valence-electron chi connectivity index (χ2n) is 5.35. The quantitative estimate of drug-likeness (QED) is 0.794. The van der Waals surface area contributed by atoms with E-state index in [0.717, 1.165) is 31.1 Å². The molecule has 0 aromatic heterocycles. The average molecular weight is 278 g/mol. The van der Waals surface area contributed by atoms with Crippen LogP contribution in [0.1, 0.15) is 38.2 Å². The van der Waals surface area contributed by atoms with Gasteiger partial charge in [0.15, 0.2) is 11.5 Å². The lowest BCUT2D eigenvalue weighted by Crippen LogP contribution is -2.33. The van der Waals surface area contributed by atoms with Crippen molar-refractivity contribution in [3.05, 3.63) is 23.8 Å². The number of rotatable bonds is 8. The molecule has 1 heterocycles. The molecule has 0 radical (unpaired) electrons. The fraction of sp³-hybridized carbons (Fsp3) is 0.625. The Bertz CT molecular complexity index is 417. The minimum Gasteiger partial charge on any atom is -0.454 e. The number of benzene rings is 1. The summed E-state index contributed by atoms with van der Waals surface area (Å²) in [6.07, 6.45) is 2.36. The van der Waals surface area contributed by atoms with Crippen molar-refractivity contribution in [2.45, 2.75) is 32.6 Å². The summed E-state index contributed by atoms with van der Waals surface area (Å²) in [5.74, 6) is 2.03. The molecule has 2 N–H and O–H groups in total. The van der Waals surface area contributed by atoms with E-state index in [9.17, 15) is 0 Å². The van der Waals surface area contributed by atoms with Crippen molar-refractivity contribution in [1.82, 2.24) is 4.90 Å². The lowest BCUT2D eigenvalue weighted by atomic mass is 9.98. The van der Waals surface area contributed by atoms with E-state index in [0.29, 0.717) is 19.3 Å². The minimum atomic E-state index is 0.323. The number of nitrogens with two attached hydrogens (primary N) is 1. The first-order valence-electron chi connectivity index (χ1n) is 7.60. The molecule has 0 saturated carbocycles. The van der Waals surface area contributed by atoms with E-state index in [2.05, 4.69) is 30.9 Å². The van der Waals surface area contributed by atoms with Gasteiger partial charge in [0.05, 0.1) is 0 Å². The molecule has 0 bridgehead atoms. The van der Waals surface area contributed by atoms with Gasteiger partial charge in [-0.3, -0.25) is 0 Å². The van der Waals surface area contributed by atoms with Gasteiger partial charge in [-0.1, -0.05) is 19.9 Å². The zero-order chi connectivity index (χ0) is 14.4. The first-order valence-corrected chi connectivity index (χ1v) is 7.60. The molecule has 0 saturated heterocycles. The van der Waals surface area contributed by atoms with Crippen LogP contribution in [0.2, 0.25) is 0 Å². The SMILES string of the molecule is CCCN(CCC)CC(CN)c1ccc2c(c1)OCO2. The monoisotopic (exact) mass is 278 g/mol. The van der Waals surface area contributed by atoms with Gasteiger partial charge in [0, 0.05) is 19.0 Å². The molecule has 0 fully saturated rings. The second-order valence-corrected chi connectivity index (χ2v) is 5.35. The molecule has 0 spiro atoms. The number of fused-ring (bicyclic) bond motifs is 1. The summed E-state index contributed by atoms with van der Waals surface area (Å²) >= 11 is 0. The number of nitrogens with zero attached hydrogens (tertiary/aromatic N) is 1. The van der Waals surface area contributed by atoms with Gasteiger partial charge in [0.1, 0.15) is 0 Å². The van der Waals surface area contributed by atoms with Crippen LogP contribution in [0.3, 0.4) is 0 Å². The fourth-order valence-electron chi connectivity index (χ4n) is 2.72. The van der Waals surface area contributed by atoms with Crippen LogP contribution in [-0.4, -0.2) is 37.9 Å². The molecule has 1 aromatic rings. The summed E-state index contributed by atoms with van der Waals surface area (Å²) in [7, 11) is 0. The van der Waals surface area contributed by atoms with Crippen LogP contribution in [0, 0.1) is 0 Å². The summed E-state index contributed by atoms with van der Waals surface area (Å²) in [6.45, 7) is 8.70. The molecule has 2 rings (SSSR count). The van der Waals surface area contributed by atoms with E-state index in [1.807, 2.05) is 6.07 Å². The largest absolute Gasteiger partial charge is 0.454 e. The van der Waals surface area contributed by atoms with Gasteiger partial charge >= 0.3 is 0 Å². The lowest BCUT2D eigenvalue weighted by molar-refractivity contribution is 0.174. The van der Waals surface area contributed by atoms with Crippen LogP contribution in [0.5, 0.6) is 11.5 Å². The first-order chi connectivity index (χ1) is 9.78. The summed E-state index contributed by atoms with van der Waals surface area (Å²) in [5, 5.41) is 0. The molecule has 0 aliphatic carbocycles. The van der Waals surface area contributed by atoms with Crippen molar-refractivity contribution in [1.29, 1.82) is 0 Å². The summed E-state index contributed by atoms with van der Waals surface area (Å²) < 4.78 is 10.8. The van der Waals surface area contributed by atoms with Crippen LogP contribution in [0.15, 0.2) is 18.2 Å². The molecule has 4 nitrogen and oxygen atoms in total. The number of ether oxygens (including phenoxy) is 2. The Morgan fingerprint density at radius 3 is 2.50 bits per heavy atom. The van der Waals surface area contributed by atoms with Crippen LogP contribution < -0.4 is 15.2 Å². The topological polar surface area (TPSA) is 47.7 Å². The van der Waals surface area contributed by atoms with Gasteiger partial charge in [-0.25, -0.2) is 0 Å².